The number of hydrogen-bond donors (Lipinski definition) is 0. The van der Waals surface area contributed by atoms with Crippen LogP contribution in [0.4, 0.5) is 0 Å². The lowest BCUT2D eigenvalue weighted by Crippen LogP contribution is -1.99. The third kappa shape index (κ3) is 2.95. The third-order valence-electron chi connectivity index (χ3n) is 4.10. The first-order valence-corrected chi connectivity index (χ1v) is 7.87. The summed E-state index contributed by atoms with van der Waals surface area (Å²) in [6, 6.07) is 16.4. The van der Waals surface area contributed by atoms with Crippen molar-refractivity contribution in [1.82, 2.24) is 0 Å². The Kier molecular flexibility index (Phi) is 4.35. The molecule has 0 N–H and O–H groups in total. The quantitative estimate of drug-likeness (QED) is 0.675. The normalized spacial score (nSPS) is 14.8. The maximum atomic E-state index is 6.02. The average Bonchev–Trinajstić information content (AvgIpc) is 2.55. The van der Waals surface area contributed by atoms with E-state index in [0.29, 0.717) is 0 Å². The predicted octanol–water partition coefficient (Wildman–Crippen LogP) is 6.00. The smallest absolute Gasteiger partial charge is 0.118 e. The van der Waals surface area contributed by atoms with Gasteiger partial charge in [0.2, 0.25) is 0 Å². The fraction of sp³-hybridized carbons (Fsp3) is 0.200. The molecule has 2 aromatic rings. The second-order valence-electron chi connectivity index (χ2n) is 5.55. The predicted molar refractivity (Wildman–Crippen MR) is 94.3 cm³/mol. The number of halogens is 1. The molecule has 0 atom stereocenters. The van der Waals surface area contributed by atoms with Crippen LogP contribution in [0.3, 0.4) is 0 Å². The molecule has 1 nitrogen and oxygen atoms in total. The van der Waals surface area contributed by atoms with Gasteiger partial charge in [0.25, 0.3) is 0 Å². The van der Waals surface area contributed by atoms with E-state index < -0.39 is 0 Å². The van der Waals surface area contributed by atoms with Crippen LogP contribution in [0.1, 0.15) is 30.9 Å². The molecule has 0 aliphatic heterocycles. The maximum absolute atomic E-state index is 6.02. The minimum Gasteiger partial charge on any atom is -0.497 e. The number of benzene rings is 2. The zero-order valence-corrected chi connectivity index (χ0v) is 13.7. The van der Waals surface area contributed by atoms with Crippen molar-refractivity contribution in [2.24, 2.45) is 0 Å². The molecule has 0 fully saturated rings. The fourth-order valence-corrected chi connectivity index (χ4v) is 3.07. The lowest BCUT2D eigenvalue weighted by Gasteiger charge is -2.21. The summed E-state index contributed by atoms with van der Waals surface area (Å²) in [5.41, 5.74) is 6.51. The topological polar surface area (TPSA) is 9.23 Å². The van der Waals surface area contributed by atoms with Gasteiger partial charge < -0.3 is 4.74 Å². The zero-order valence-electron chi connectivity index (χ0n) is 12.9. The summed E-state index contributed by atoms with van der Waals surface area (Å²) in [7, 11) is 1.69. The van der Waals surface area contributed by atoms with E-state index in [1.54, 1.807) is 7.11 Å². The van der Waals surface area contributed by atoms with Gasteiger partial charge in [-0.15, -0.1) is 0 Å². The van der Waals surface area contributed by atoms with Gasteiger partial charge in [-0.1, -0.05) is 47.5 Å². The first kappa shape index (κ1) is 14.9. The summed E-state index contributed by atoms with van der Waals surface area (Å²) < 4.78 is 5.26. The minimum atomic E-state index is 0.770. The van der Waals surface area contributed by atoms with Crippen LogP contribution in [0.15, 0.2) is 60.2 Å². The molecule has 0 unspecified atom stereocenters. The van der Waals surface area contributed by atoms with Crippen molar-refractivity contribution in [2.75, 3.05) is 7.11 Å². The van der Waals surface area contributed by atoms with E-state index in [0.717, 1.165) is 23.6 Å². The van der Waals surface area contributed by atoms with Gasteiger partial charge in [0.05, 0.1) is 7.11 Å². The minimum absolute atomic E-state index is 0.770. The summed E-state index contributed by atoms with van der Waals surface area (Å²) in [5, 5.41) is 0.770. The van der Waals surface area contributed by atoms with Gasteiger partial charge >= 0.3 is 0 Å². The van der Waals surface area contributed by atoms with Gasteiger partial charge in [0, 0.05) is 5.02 Å². The summed E-state index contributed by atoms with van der Waals surface area (Å²) >= 11 is 6.02. The molecule has 22 heavy (non-hydrogen) atoms. The Morgan fingerprint density at radius 2 is 1.55 bits per heavy atom. The highest BCUT2D eigenvalue weighted by Crippen LogP contribution is 2.39. The molecule has 1 aliphatic carbocycles. The standard InChI is InChI=1S/C20H19ClO/c1-14-4-3-5-19(15-6-10-17(21)11-7-15)20(14)16-8-12-18(22-2)13-9-16/h5-13H,3-4H2,1-2H3. The highest BCUT2D eigenvalue weighted by atomic mass is 35.5. The molecule has 0 heterocycles. The Balaban J connectivity index is 2.05. The molecule has 0 amide bonds. The largest absolute Gasteiger partial charge is 0.497 e. The second kappa shape index (κ2) is 6.41. The first-order chi connectivity index (χ1) is 10.7. The summed E-state index contributed by atoms with van der Waals surface area (Å²) in [6.45, 7) is 2.22. The van der Waals surface area contributed by atoms with Crippen LogP contribution in [0.5, 0.6) is 5.75 Å². The molecule has 0 aromatic heterocycles. The molecule has 1 aliphatic rings. The zero-order chi connectivity index (χ0) is 15.5. The number of allylic oxidation sites excluding steroid dienone is 4. The van der Waals surface area contributed by atoms with Gasteiger partial charge in [-0.3, -0.25) is 0 Å². The second-order valence-corrected chi connectivity index (χ2v) is 5.98. The average molecular weight is 311 g/mol. The molecule has 2 aromatic carbocycles. The van der Waals surface area contributed by atoms with Crippen LogP contribution in [-0.4, -0.2) is 7.11 Å². The highest BCUT2D eigenvalue weighted by Gasteiger charge is 2.17. The van der Waals surface area contributed by atoms with E-state index in [9.17, 15) is 0 Å². The molecule has 3 rings (SSSR count). The van der Waals surface area contributed by atoms with Gasteiger partial charge in [0.1, 0.15) is 5.75 Å². The van der Waals surface area contributed by atoms with E-state index in [1.807, 2.05) is 24.3 Å². The number of hydrogen-bond acceptors (Lipinski definition) is 1. The molecule has 0 saturated heterocycles. The summed E-state index contributed by atoms with van der Waals surface area (Å²) in [5.74, 6) is 0.884. The maximum Gasteiger partial charge on any atom is 0.118 e. The number of ether oxygens (including phenoxy) is 1. The van der Waals surface area contributed by atoms with E-state index in [2.05, 4.69) is 37.3 Å². The third-order valence-corrected chi connectivity index (χ3v) is 4.35. The SMILES string of the molecule is COc1ccc(C2=C(C)CCC=C2c2ccc(Cl)cc2)cc1. The Morgan fingerprint density at radius 3 is 2.18 bits per heavy atom. The monoisotopic (exact) mass is 310 g/mol. The lowest BCUT2D eigenvalue weighted by molar-refractivity contribution is 0.415. The van der Waals surface area contributed by atoms with Crippen LogP contribution >= 0.6 is 11.6 Å². The number of methoxy groups -OCH3 is 1. The molecule has 2 heteroatoms. The first-order valence-electron chi connectivity index (χ1n) is 7.49. The molecule has 0 radical (unpaired) electrons. The van der Waals surface area contributed by atoms with Gasteiger partial charge in [-0.2, -0.15) is 0 Å². The highest BCUT2D eigenvalue weighted by molar-refractivity contribution is 6.30. The summed E-state index contributed by atoms with van der Waals surface area (Å²) in [4.78, 5) is 0. The van der Waals surface area contributed by atoms with Crippen LogP contribution in [-0.2, 0) is 0 Å². The van der Waals surface area contributed by atoms with Gasteiger partial charge in [-0.25, -0.2) is 0 Å². The van der Waals surface area contributed by atoms with Crippen LogP contribution in [0.25, 0.3) is 11.1 Å². The van der Waals surface area contributed by atoms with Gasteiger partial charge in [-0.05, 0) is 66.3 Å². The van der Waals surface area contributed by atoms with Crippen molar-refractivity contribution >= 4 is 22.7 Å². The van der Waals surface area contributed by atoms with E-state index in [-0.39, 0.29) is 0 Å². The molecule has 0 bridgehead atoms. The number of rotatable bonds is 3. The van der Waals surface area contributed by atoms with Crippen LogP contribution in [0, 0.1) is 0 Å². The van der Waals surface area contributed by atoms with E-state index >= 15 is 0 Å². The van der Waals surface area contributed by atoms with Crippen molar-refractivity contribution in [2.45, 2.75) is 19.8 Å². The Hall–Kier alpha value is -1.99. The van der Waals surface area contributed by atoms with Crippen molar-refractivity contribution in [3.05, 3.63) is 76.3 Å². The van der Waals surface area contributed by atoms with Crippen LogP contribution < -0.4 is 4.74 Å². The van der Waals surface area contributed by atoms with Crippen molar-refractivity contribution in [3.8, 4) is 5.75 Å². The molecule has 0 spiro atoms. The van der Waals surface area contributed by atoms with E-state index in [4.69, 9.17) is 16.3 Å². The molecule has 112 valence electrons. The fourth-order valence-electron chi connectivity index (χ4n) is 2.94. The summed E-state index contributed by atoms with van der Waals surface area (Å²) in [6.07, 6.45) is 4.53. The molecular weight excluding hydrogens is 292 g/mol. The molecule has 0 saturated carbocycles. The van der Waals surface area contributed by atoms with Gasteiger partial charge in [0.15, 0.2) is 0 Å². The Labute approximate surface area is 136 Å². The van der Waals surface area contributed by atoms with Crippen molar-refractivity contribution in [1.29, 1.82) is 0 Å². The lowest BCUT2D eigenvalue weighted by atomic mass is 9.83. The molecular formula is C20H19ClO. The van der Waals surface area contributed by atoms with Crippen LogP contribution in [0.2, 0.25) is 5.02 Å². The van der Waals surface area contributed by atoms with Crippen molar-refractivity contribution < 1.29 is 4.74 Å². The van der Waals surface area contributed by atoms with Crippen molar-refractivity contribution in [3.63, 3.8) is 0 Å². The van der Waals surface area contributed by atoms with E-state index in [1.165, 1.54) is 27.8 Å². The Bertz CT molecular complexity index is 721. The Morgan fingerprint density at radius 1 is 0.909 bits per heavy atom.